The second kappa shape index (κ2) is 3.59. The van der Waals surface area contributed by atoms with E-state index in [1.807, 2.05) is 6.20 Å². The molecular formula is C11H12BrN3. The molecule has 0 radical (unpaired) electrons. The predicted molar refractivity (Wildman–Crippen MR) is 62.8 cm³/mol. The second-order valence-electron chi connectivity index (χ2n) is 4.10. The van der Waals surface area contributed by atoms with E-state index in [1.165, 1.54) is 36.8 Å². The quantitative estimate of drug-likeness (QED) is 0.859. The van der Waals surface area contributed by atoms with Crippen molar-refractivity contribution in [2.24, 2.45) is 0 Å². The van der Waals surface area contributed by atoms with Crippen LogP contribution in [0.15, 0.2) is 17.0 Å². The Labute approximate surface area is 96.4 Å². The van der Waals surface area contributed by atoms with Gasteiger partial charge in [-0.15, -0.1) is 0 Å². The minimum absolute atomic E-state index is 0.627. The molecule has 78 valence electrons. The monoisotopic (exact) mass is 265 g/mol. The Balaban J connectivity index is 2.19. The third-order valence-corrected chi connectivity index (χ3v) is 3.82. The second-order valence-corrected chi connectivity index (χ2v) is 4.95. The SMILES string of the molecule is Brc1c[nH]c2ncnc(C3CCCC3)c12. The van der Waals surface area contributed by atoms with E-state index in [2.05, 4.69) is 30.9 Å². The predicted octanol–water partition coefficient (Wildman–Crippen LogP) is 3.38. The molecule has 0 spiro atoms. The van der Waals surface area contributed by atoms with Gasteiger partial charge in [0.1, 0.15) is 12.0 Å². The summed E-state index contributed by atoms with van der Waals surface area (Å²) in [5.74, 6) is 0.627. The number of hydrogen-bond acceptors (Lipinski definition) is 2. The topological polar surface area (TPSA) is 41.6 Å². The molecule has 1 aliphatic rings. The fraction of sp³-hybridized carbons (Fsp3) is 0.455. The molecule has 0 aromatic carbocycles. The van der Waals surface area contributed by atoms with Crippen LogP contribution < -0.4 is 0 Å². The highest BCUT2D eigenvalue weighted by atomic mass is 79.9. The number of hydrogen-bond donors (Lipinski definition) is 1. The molecule has 0 amide bonds. The summed E-state index contributed by atoms with van der Waals surface area (Å²) in [6, 6.07) is 0. The minimum Gasteiger partial charge on any atom is -0.345 e. The largest absolute Gasteiger partial charge is 0.345 e. The first-order chi connectivity index (χ1) is 7.36. The van der Waals surface area contributed by atoms with Gasteiger partial charge in [0.2, 0.25) is 0 Å². The van der Waals surface area contributed by atoms with Crippen molar-refractivity contribution < 1.29 is 0 Å². The van der Waals surface area contributed by atoms with Gasteiger partial charge in [-0.3, -0.25) is 0 Å². The molecule has 0 unspecified atom stereocenters. The van der Waals surface area contributed by atoms with Crippen LogP contribution in [0.25, 0.3) is 11.0 Å². The average Bonchev–Trinajstić information content (AvgIpc) is 2.88. The number of rotatable bonds is 1. The van der Waals surface area contributed by atoms with Crippen LogP contribution in [0.4, 0.5) is 0 Å². The lowest BCUT2D eigenvalue weighted by atomic mass is 10.0. The van der Waals surface area contributed by atoms with Crippen LogP contribution in [0.2, 0.25) is 0 Å². The number of nitrogens with one attached hydrogen (secondary N) is 1. The van der Waals surface area contributed by atoms with Gasteiger partial charge in [0.15, 0.2) is 0 Å². The third-order valence-electron chi connectivity index (χ3n) is 3.19. The summed E-state index contributed by atoms with van der Waals surface area (Å²) < 4.78 is 1.08. The molecule has 1 N–H and O–H groups in total. The van der Waals surface area contributed by atoms with Crippen molar-refractivity contribution >= 4 is 27.0 Å². The van der Waals surface area contributed by atoms with Gasteiger partial charge in [0.25, 0.3) is 0 Å². The maximum Gasteiger partial charge on any atom is 0.142 e. The molecule has 2 aromatic heterocycles. The highest BCUT2D eigenvalue weighted by Gasteiger charge is 2.22. The van der Waals surface area contributed by atoms with Gasteiger partial charge in [0, 0.05) is 16.6 Å². The van der Waals surface area contributed by atoms with Crippen LogP contribution in [-0.2, 0) is 0 Å². The summed E-state index contributed by atoms with van der Waals surface area (Å²) >= 11 is 3.55. The lowest BCUT2D eigenvalue weighted by Crippen LogP contribution is -1.98. The Bertz CT molecular complexity index is 486. The fourth-order valence-corrected chi connectivity index (χ4v) is 2.96. The van der Waals surface area contributed by atoms with Crippen molar-refractivity contribution in [3.05, 3.63) is 22.7 Å². The van der Waals surface area contributed by atoms with Gasteiger partial charge >= 0.3 is 0 Å². The molecule has 0 saturated heterocycles. The highest BCUT2D eigenvalue weighted by Crippen LogP contribution is 2.37. The van der Waals surface area contributed by atoms with Crippen LogP contribution in [0.3, 0.4) is 0 Å². The molecular weight excluding hydrogens is 254 g/mol. The zero-order chi connectivity index (χ0) is 10.3. The molecule has 1 saturated carbocycles. The van der Waals surface area contributed by atoms with Crippen molar-refractivity contribution in [1.29, 1.82) is 0 Å². The first-order valence-corrected chi connectivity index (χ1v) is 6.13. The van der Waals surface area contributed by atoms with Gasteiger partial charge < -0.3 is 4.98 Å². The lowest BCUT2D eigenvalue weighted by Gasteiger charge is -2.09. The standard InChI is InChI=1S/C11H12BrN3/c12-8-5-13-11-9(8)10(14-6-15-11)7-3-1-2-4-7/h5-7H,1-4H2,(H,13,14,15). The normalized spacial score (nSPS) is 17.7. The molecule has 2 heterocycles. The van der Waals surface area contributed by atoms with Gasteiger partial charge in [0.05, 0.1) is 11.1 Å². The Morgan fingerprint density at radius 2 is 2.07 bits per heavy atom. The molecule has 1 aliphatic carbocycles. The van der Waals surface area contributed by atoms with E-state index in [4.69, 9.17) is 0 Å². The first-order valence-electron chi connectivity index (χ1n) is 5.34. The van der Waals surface area contributed by atoms with E-state index in [0.717, 1.165) is 10.1 Å². The van der Waals surface area contributed by atoms with Crippen molar-refractivity contribution in [2.45, 2.75) is 31.6 Å². The summed E-state index contributed by atoms with van der Waals surface area (Å²) in [6.45, 7) is 0. The van der Waals surface area contributed by atoms with E-state index in [0.29, 0.717) is 5.92 Å². The molecule has 4 heteroatoms. The average molecular weight is 266 g/mol. The van der Waals surface area contributed by atoms with Crippen molar-refractivity contribution in [3.8, 4) is 0 Å². The van der Waals surface area contributed by atoms with Crippen LogP contribution in [0, 0.1) is 0 Å². The summed E-state index contributed by atoms with van der Waals surface area (Å²) in [5, 5.41) is 1.17. The summed E-state index contributed by atoms with van der Waals surface area (Å²) in [4.78, 5) is 11.9. The van der Waals surface area contributed by atoms with E-state index in [1.54, 1.807) is 6.33 Å². The first kappa shape index (κ1) is 9.33. The van der Waals surface area contributed by atoms with Crippen molar-refractivity contribution in [3.63, 3.8) is 0 Å². The molecule has 1 fully saturated rings. The van der Waals surface area contributed by atoms with E-state index >= 15 is 0 Å². The Morgan fingerprint density at radius 1 is 1.27 bits per heavy atom. The summed E-state index contributed by atoms with van der Waals surface area (Å²) in [6.07, 6.45) is 8.81. The van der Waals surface area contributed by atoms with E-state index in [9.17, 15) is 0 Å². The van der Waals surface area contributed by atoms with Gasteiger partial charge in [-0.05, 0) is 28.8 Å². The van der Waals surface area contributed by atoms with Crippen molar-refractivity contribution in [2.75, 3.05) is 0 Å². The minimum atomic E-state index is 0.627. The van der Waals surface area contributed by atoms with Gasteiger partial charge in [-0.2, -0.15) is 0 Å². The molecule has 15 heavy (non-hydrogen) atoms. The smallest absolute Gasteiger partial charge is 0.142 e. The Kier molecular flexibility index (Phi) is 2.24. The number of nitrogens with zero attached hydrogens (tertiary/aromatic N) is 2. The molecule has 0 atom stereocenters. The zero-order valence-electron chi connectivity index (χ0n) is 8.33. The number of aromatic nitrogens is 3. The van der Waals surface area contributed by atoms with E-state index < -0.39 is 0 Å². The zero-order valence-corrected chi connectivity index (χ0v) is 9.92. The molecule has 3 nitrogen and oxygen atoms in total. The number of halogens is 1. The van der Waals surface area contributed by atoms with Gasteiger partial charge in [-0.1, -0.05) is 12.8 Å². The molecule has 3 rings (SSSR count). The molecule has 0 bridgehead atoms. The third kappa shape index (κ3) is 1.47. The number of fused-ring (bicyclic) bond motifs is 1. The molecule has 0 aliphatic heterocycles. The lowest BCUT2D eigenvalue weighted by molar-refractivity contribution is 0.702. The number of H-pyrrole nitrogens is 1. The van der Waals surface area contributed by atoms with Crippen LogP contribution in [0.5, 0.6) is 0 Å². The van der Waals surface area contributed by atoms with Crippen LogP contribution in [0.1, 0.15) is 37.3 Å². The Morgan fingerprint density at radius 3 is 2.87 bits per heavy atom. The molecule has 2 aromatic rings. The highest BCUT2D eigenvalue weighted by molar-refractivity contribution is 9.10. The van der Waals surface area contributed by atoms with Crippen molar-refractivity contribution in [1.82, 2.24) is 15.0 Å². The van der Waals surface area contributed by atoms with Gasteiger partial charge in [-0.25, -0.2) is 9.97 Å². The van der Waals surface area contributed by atoms with E-state index in [-0.39, 0.29) is 0 Å². The summed E-state index contributed by atoms with van der Waals surface area (Å²) in [7, 11) is 0. The Hall–Kier alpha value is -0.900. The maximum absolute atomic E-state index is 4.46. The number of aromatic amines is 1. The maximum atomic E-state index is 4.46. The summed E-state index contributed by atoms with van der Waals surface area (Å²) in [5.41, 5.74) is 2.16. The fourth-order valence-electron chi connectivity index (χ4n) is 2.46. The van der Waals surface area contributed by atoms with Crippen LogP contribution >= 0.6 is 15.9 Å². The van der Waals surface area contributed by atoms with Crippen LogP contribution in [-0.4, -0.2) is 15.0 Å².